The molecule has 0 unspecified atom stereocenters. The average molecular weight is 220 g/mol. The van der Waals surface area contributed by atoms with Gasteiger partial charge in [0.25, 0.3) is 0 Å². The van der Waals surface area contributed by atoms with E-state index in [2.05, 4.69) is 12.1 Å². The molecule has 0 spiro atoms. The highest BCUT2D eigenvalue weighted by Crippen LogP contribution is 2.27. The first-order valence-electron chi connectivity index (χ1n) is 6.10. The van der Waals surface area contributed by atoms with Crippen molar-refractivity contribution >= 4 is 0 Å². The third kappa shape index (κ3) is 2.76. The lowest BCUT2D eigenvalue weighted by molar-refractivity contribution is 0.0700. The van der Waals surface area contributed by atoms with Gasteiger partial charge in [-0.2, -0.15) is 0 Å². The number of benzene rings is 1. The molecular weight excluding hydrogens is 200 g/mol. The monoisotopic (exact) mass is 220 g/mol. The van der Waals surface area contributed by atoms with E-state index in [1.165, 1.54) is 18.4 Å². The maximum absolute atomic E-state index is 9.91. The summed E-state index contributed by atoms with van der Waals surface area (Å²) in [6.07, 6.45) is 5.47. The Balaban J connectivity index is 1.96. The van der Waals surface area contributed by atoms with Crippen LogP contribution in [0.25, 0.3) is 0 Å². The van der Waals surface area contributed by atoms with Gasteiger partial charge in [0.05, 0.1) is 13.2 Å². The summed E-state index contributed by atoms with van der Waals surface area (Å²) in [6.45, 7) is 0. The number of aliphatic hydroxyl groups excluding tert-OH is 1. The molecule has 1 aliphatic rings. The van der Waals surface area contributed by atoms with Crippen molar-refractivity contribution < 1.29 is 9.84 Å². The summed E-state index contributed by atoms with van der Waals surface area (Å²) >= 11 is 0. The molecule has 0 aliphatic heterocycles. The molecular formula is C14H20O2. The van der Waals surface area contributed by atoms with Crippen LogP contribution in [0.15, 0.2) is 24.3 Å². The van der Waals surface area contributed by atoms with Crippen molar-refractivity contribution in [2.45, 2.75) is 38.2 Å². The van der Waals surface area contributed by atoms with E-state index >= 15 is 0 Å². The van der Waals surface area contributed by atoms with Gasteiger partial charge >= 0.3 is 0 Å². The van der Waals surface area contributed by atoms with Crippen molar-refractivity contribution in [3.05, 3.63) is 29.8 Å². The Hall–Kier alpha value is -1.02. The lowest BCUT2D eigenvalue weighted by atomic mass is 9.82. The first-order chi connectivity index (χ1) is 7.79. The lowest BCUT2D eigenvalue weighted by Gasteiger charge is -2.27. The van der Waals surface area contributed by atoms with Crippen LogP contribution in [-0.4, -0.2) is 18.3 Å². The molecule has 1 saturated carbocycles. The van der Waals surface area contributed by atoms with E-state index in [-0.39, 0.29) is 6.10 Å². The van der Waals surface area contributed by atoms with Crippen LogP contribution in [0.3, 0.4) is 0 Å². The smallest absolute Gasteiger partial charge is 0.118 e. The summed E-state index contributed by atoms with van der Waals surface area (Å²) in [7, 11) is 1.68. The first-order valence-corrected chi connectivity index (χ1v) is 6.10. The average Bonchev–Trinajstić information content (AvgIpc) is 2.33. The van der Waals surface area contributed by atoms with Gasteiger partial charge in [-0.15, -0.1) is 0 Å². The minimum atomic E-state index is -0.101. The van der Waals surface area contributed by atoms with Crippen LogP contribution in [0, 0.1) is 5.92 Å². The summed E-state index contributed by atoms with van der Waals surface area (Å²) < 4.78 is 5.13. The van der Waals surface area contributed by atoms with Gasteiger partial charge in [0.1, 0.15) is 5.75 Å². The molecule has 0 heterocycles. The second-order valence-corrected chi connectivity index (χ2v) is 4.66. The van der Waals surface area contributed by atoms with E-state index in [1.54, 1.807) is 7.11 Å². The number of rotatable bonds is 3. The second-order valence-electron chi connectivity index (χ2n) is 4.66. The fourth-order valence-electron chi connectivity index (χ4n) is 2.49. The molecule has 2 rings (SSSR count). The minimum Gasteiger partial charge on any atom is -0.497 e. The lowest BCUT2D eigenvalue weighted by Crippen LogP contribution is -2.26. The van der Waals surface area contributed by atoms with Gasteiger partial charge in [-0.05, 0) is 42.9 Å². The van der Waals surface area contributed by atoms with Gasteiger partial charge in [0, 0.05) is 0 Å². The third-order valence-corrected chi connectivity index (χ3v) is 3.53. The Morgan fingerprint density at radius 2 is 1.88 bits per heavy atom. The highest BCUT2D eigenvalue weighted by atomic mass is 16.5. The topological polar surface area (TPSA) is 29.5 Å². The molecule has 1 N–H and O–H groups in total. The fraction of sp³-hybridized carbons (Fsp3) is 0.571. The van der Waals surface area contributed by atoms with Gasteiger partial charge < -0.3 is 9.84 Å². The van der Waals surface area contributed by atoms with Crippen molar-refractivity contribution in [2.24, 2.45) is 5.92 Å². The molecule has 1 fully saturated rings. The molecule has 1 aliphatic carbocycles. The molecule has 0 saturated heterocycles. The summed E-state index contributed by atoms with van der Waals surface area (Å²) in [5.74, 6) is 1.34. The van der Waals surface area contributed by atoms with E-state index in [4.69, 9.17) is 4.74 Å². The number of aliphatic hydroxyl groups is 1. The molecule has 2 nitrogen and oxygen atoms in total. The van der Waals surface area contributed by atoms with E-state index in [0.29, 0.717) is 5.92 Å². The van der Waals surface area contributed by atoms with Gasteiger partial charge in [-0.25, -0.2) is 0 Å². The molecule has 1 aromatic carbocycles. The third-order valence-electron chi connectivity index (χ3n) is 3.53. The molecule has 1 aromatic rings. The maximum atomic E-state index is 9.91. The van der Waals surface area contributed by atoms with Crippen molar-refractivity contribution in [1.29, 1.82) is 0 Å². The highest BCUT2D eigenvalue weighted by molar-refractivity contribution is 5.27. The number of hydrogen-bond donors (Lipinski definition) is 1. The summed E-state index contributed by atoms with van der Waals surface area (Å²) in [6, 6.07) is 8.18. The highest BCUT2D eigenvalue weighted by Gasteiger charge is 2.22. The standard InChI is InChI=1S/C14H20O2/c1-16-13-8-6-11(7-9-13)10-12-4-2-3-5-14(12)15/h6-9,12,14-15H,2-5,10H2,1H3/t12-,14+/m0/s1. The Labute approximate surface area is 97.3 Å². The predicted molar refractivity (Wildman–Crippen MR) is 64.7 cm³/mol. The number of methoxy groups -OCH3 is 1. The molecule has 2 atom stereocenters. The van der Waals surface area contributed by atoms with Gasteiger partial charge in [0.15, 0.2) is 0 Å². The Morgan fingerprint density at radius 3 is 2.50 bits per heavy atom. The molecule has 88 valence electrons. The molecule has 0 amide bonds. The number of hydrogen-bond acceptors (Lipinski definition) is 2. The molecule has 0 radical (unpaired) electrons. The zero-order valence-electron chi connectivity index (χ0n) is 9.86. The van der Waals surface area contributed by atoms with E-state index in [1.807, 2.05) is 12.1 Å². The maximum Gasteiger partial charge on any atom is 0.118 e. The predicted octanol–water partition coefficient (Wildman–Crippen LogP) is 2.79. The van der Waals surface area contributed by atoms with Crippen LogP contribution in [0.1, 0.15) is 31.2 Å². The summed E-state index contributed by atoms with van der Waals surface area (Å²) in [4.78, 5) is 0. The second kappa shape index (κ2) is 5.35. The Kier molecular flexibility index (Phi) is 3.83. The molecule has 0 aromatic heterocycles. The fourth-order valence-corrected chi connectivity index (χ4v) is 2.49. The largest absolute Gasteiger partial charge is 0.497 e. The Bertz CT molecular complexity index is 318. The minimum absolute atomic E-state index is 0.101. The SMILES string of the molecule is COc1ccc(C[C@@H]2CCCC[C@H]2O)cc1. The van der Waals surface area contributed by atoms with Gasteiger partial charge in [-0.1, -0.05) is 25.0 Å². The van der Waals surface area contributed by atoms with Crippen molar-refractivity contribution in [3.63, 3.8) is 0 Å². The first kappa shape index (κ1) is 11.5. The molecule has 2 heteroatoms. The molecule has 16 heavy (non-hydrogen) atoms. The van der Waals surface area contributed by atoms with Gasteiger partial charge in [-0.3, -0.25) is 0 Å². The van der Waals surface area contributed by atoms with E-state index in [0.717, 1.165) is 25.0 Å². The normalized spacial score (nSPS) is 25.4. The van der Waals surface area contributed by atoms with Crippen LogP contribution in [0.5, 0.6) is 5.75 Å². The molecule has 0 bridgehead atoms. The summed E-state index contributed by atoms with van der Waals surface area (Å²) in [5.41, 5.74) is 1.30. The van der Waals surface area contributed by atoms with E-state index < -0.39 is 0 Å². The summed E-state index contributed by atoms with van der Waals surface area (Å²) in [5, 5.41) is 9.91. The van der Waals surface area contributed by atoms with Crippen LogP contribution in [0.4, 0.5) is 0 Å². The van der Waals surface area contributed by atoms with Crippen LogP contribution in [-0.2, 0) is 6.42 Å². The zero-order valence-corrected chi connectivity index (χ0v) is 9.86. The van der Waals surface area contributed by atoms with Crippen LogP contribution >= 0.6 is 0 Å². The number of ether oxygens (including phenoxy) is 1. The quantitative estimate of drug-likeness (QED) is 0.848. The van der Waals surface area contributed by atoms with Crippen LogP contribution < -0.4 is 4.74 Å². The van der Waals surface area contributed by atoms with Crippen molar-refractivity contribution in [3.8, 4) is 5.75 Å². The Morgan fingerprint density at radius 1 is 1.19 bits per heavy atom. The zero-order chi connectivity index (χ0) is 11.4. The van der Waals surface area contributed by atoms with Crippen molar-refractivity contribution in [1.82, 2.24) is 0 Å². The van der Waals surface area contributed by atoms with Crippen LogP contribution in [0.2, 0.25) is 0 Å². The van der Waals surface area contributed by atoms with Gasteiger partial charge in [0.2, 0.25) is 0 Å². The van der Waals surface area contributed by atoms with E-state index in [9.17, 15) is 5.11 Å². The van der Waals surface area contributed by atoms with Crippen molar-refractivity contribution in [2.75, 3.05) is 7.11 Å².